The van der Waals surface area contributed by atoms with Crippen LogP contribution >= 0.6 is 12.2 Å². The first-order valence-electron chi connectivity index (χ1n) is 5.91. The lowest BCUT2D eigenvalue weighted by Crippen LogP contribution is -2.11. The molecule has 2 aromatic rings. The minimum absolute atomic E-state index is 0.0650. The van der Waals surface area contributed by atoms with Crippen LogP contribution in [-0.2, 0) is 0 Å². The fraction of sp³-hybridized carbons (Fsp3) is 0.133. The first kappa shape index (κ1) is 13.5. The molecular weight excluding hydrogens is 259 g/mol. The molecule has 0 fully saturated rings. The maximum Gasteiger partial charge on any atom is 0.135 e. The lowest BCUT2D eigenvalue weighted by atomic mass is 10.1. The van der Waals surface area contributed by atoms with Crippen molar-refractivity contribution in [2.45, 2.75) is 13.8 Å². The molecule has 2 aromatic carbocycles. The SMILES string of the molecule is Cc1ccc(Nc2ccc(C(N)=S)c(F)c2)cc1C. The Morgan fingerprint density at radius 1 is 1.05 bits per heavy atom. The lowest BCUT2D eigenvalue weighted by Gasteiger charge is -2.10. The van der Waals surface area contributed by atoms with Crippen LogP contribution in [0.5, 0.6) is 0 Å². The minimum Gasteiger partial charge on any atom is -0.389 e. The normalized spacial score (nSPS) is 10.3. The topological polar surface area (TPSA) is 38.0 Å². The molecule has 0 aromatic heterocycles. The van der Waals surface area contributed by atoms with E-state index in [-0.39, 0.29) is 10.6 Å². The van der Waals surface area contributed by atoms with Crippen molar-refractivity contribution in [2.75, 3.05) is 5.32 Å². The molecule has 0 atom stereocenters. The van der Waals surface area contributed by atoms with Crippen LogP contribution in [0.2, 0.25) is 0 Å². The number of rotatable bonds is 3. The fourth-order valence-corrected chi connectivity index (χ4v) is 1.94. The summed E-state index contributed by atoms with van der Waals surface area (Å²) < 4.78 is 13.7. The van der Waals surface area contributed by atoms with Gasteiger partial charge in [-0.25, -0.2) is 4.39 Å². The maximum absolute atomic E-state index is 13.7. The predicted molar refractivity (Wildman–Crippen MR) is 81.5 cm³/mol. The van der Waals surface area contributed by atoms with Gasteiger partial charge in [0, 0.05) is 16.9 Å². The Morgan fingerprint density at radius 2 is 1.68 bits per heavy atom. The zero-order chi connectivity index (χ0) is 14.0. The number of hydrogen-bond donors (Lipinski definition) is 2. The molecule has 98 valence electrons. The highest BCUT2D eigenvalue weighted by Crippen LogP contribution is 2.21. The number of nitrogens with two attached hydrogens (primary N) is 1. The Hall–Kier alpha value is -1.94. The number of thiocarbonyl (C=S) groups is 1. The maximum atomic E-state index is 13.7. The van der Waals surface area contributed by atoms with Crippen LogP contribution in [0, 0.1) is 19.7 Å². The van der Waals surface area contributed by atoms with Gasteiger partial charge in [0.05, 0.1) is 0 Å². The Balaban J connectivity index is 2.26. The van der Waals surface area contributed by atoms with E-state index in [1.54, 1.807) is 12.1 Å². The Morgan fingerprint density at radius 3 is 2.26 bits per heavy atom. The molecule has 0 heterocycles. The largest absolute Gasteiger partial charge is 0.389 e. The van der Waals surface area contributed by atoms with E-state index in [9.17, 15) is 4.39 Å². The van der Waals surface area contributed by atoms with Gasteiger partial charge in [-0.3, -0.25) is 0 Å². The summed E-state index contributed by atoms with van der Waals surface area (Å²) in [5.41, 5.74) is 9.69. The van der Waals surface area contributed by atoms with E-state index in [0.29, 0.717) is 5.69 Å². The van der Waals surface area contributed by atoms with Gasteiger partial charge in [0.15, 0.2) is 0 Å². The molecule has 0 saturated carbocycles. The smallest absolute Gasteiger partial charge is 0.135 e. The first-order chi connectivity index (χ1) is 8.97. The zero-order valence-electron chi connectivity index (χ0n) is 10.8. The summed E-state index contributed by atoms with van der Waals surface area (Å²) in [7, 11) is 0. The van der Waals surface area contributed by atoms with Gasteiger partial charge in [0.25, 0.3) is 0 Å². The van der Waals surface area contributed by atoms with Crippen LogP contribution in [0.15, 0.2) is 36.4 Å². The second kappa shape index (κ2) is 5.36. The molecule has 0 amide bonds. The van der Waals surface area contributed by atoms with Crippen LogP contribution in [0.1, 0.15) is 16.7 Å². The third-order valence-corrected chi connectivity index (χ3v) is 3.25. The van der Waals surface area contributed by atoms with E-state index in [0.717, 1.165) is 5.69 Å². The predicted octanol–water partition coefficient (Wildman–Crippen LogP) is 3.82. The molecule has 0 spiro atoms. The van der Waals surface area contributed by atoms with Crippen molar-refractivity contribution in [3.8, 4) is 0 Å². The van der Waals surface area contributed by atoms with Crippen molar-refractivity contribution >= 4 is 28.6 Å². The van der Waals surface area contributed by atoms with Gasteiger partial charge in [-0.2, -0.15) is 0 Å². The molecule has 0 saturated heterocycles. The molecule has 2 rings (SSSR count). The fourth-order valence-electron chi connectivity index (χ4n) is 1.78. The number of hydrogen-bond acceptors (Lipinski definition) is 2. The highest BCUT2D eigenvalue weighted by molar-refractivity contribution is 7.80. The number of nitrogens with one attached hydrogen (secondary N) is 1. The summed E-state index contributed by atoms with van der Waals surface area (Å²) in [6.45, 7) is 4.09. The minimum atomic E-state index is -0.415. The van der Waals surface area contributed by atoms with Gasteiger partial charge >= 0.3 is 0 Å². The van der Waals surface area contributed by atoms with Crippen molar-refractivity contribution in [3.63, 3.8) is 0 Å². The average molecular weight is 274 g/mol. The van der Waals surface area contributed by atoms with E-state index >= 15 is 0 Å². The molecule has 2 nitrogen and oxygen atoms in total. The molecule has 4 heteroatoms. The Labute approximate surface area is 117 Å². The van der Waals surface area contributed by atoms with Gasteiger partial charge in [-0.1, -0.05) is 18.3 Å². The summed E-state index contributed by atoms with van der Waals surface area (Å²) in [6, 6.07) is 10.7. The second-order valence-electron chi connectivity index (χ2n) is 4.48. The second-order valence-corrected chi connectivity index (χ2v) is 4.92. The Bertz CT molecular complexity index is 638. The third kappa shape index (κ3) is 3.09. The lowest BCUT2D eigenvalue weighted by molar-refractivity contribution is 0.626. The highest BCUT2D eigenvalue weighted by atomic mass is 32.1. The van der Waals surface area contributed by atoms with E-state index in [1.807, 2.05) is 25.1 Å². The molecule has 0 unspecified atom stereocenters. The van der Waals surface area contributed by atoms with E-state index in [1.165, 1.54) is 17.2 Å². The van der Waals surface area contributed by atoms with Crippen LogP contribution in [0.25, 0.3) is 0 Å². The number of halogens is 1. The molecule has 0 aliphatic carbocycles. The van der Waals surface area contributed by atoms with E-state index in [2.05, 4.69) is 12.2 Å². The molecule has 0 aliphatic heterocycles. The first-order valence-corrected chi connectivity index (χ1v) is 6.32. The monoisotopic (exact) mass is 274 g/mol. The number of benzene rings is 2. The van der Waals surface area contributed by atoms with Crippen molar-refractivity contribution < 1.29 is 4.39 Å². The van der Waals surface area contributed by atoms with E-state index < -0.39 is 5.82 Å². The van der Waals surface area contributed by atoms with Gasteiger partial charge in [-0.15, -0.1) is 0 Å². The number of anilines is 2. The standard InChI is InChI=1S/C15H15FN2S/c1-9-3-4-11(7-10(9)2)18-12-5-6-13(15(17)19)14(16)8-12/h3-8,18H,1-2H3,(H2,17,19). The van der Waals surface area contributed by atoms with Crippen molar-refractivity contribution in [1.29, 1.82) is 0 Å². The molecule has 0 aliphatic rings. The number of aryl methyl sites for hydroxylation is 2. The van der Waals surface area contributed by atoms with Gasteiger partial charge in [0.2, 0.25) is 0 Å². The molecule has 3 N–H and O–H groups in total. The summed E-state index contributed by atoms with van der Waals surface area (Å²) in [4.78, 5) is 0.0650. The molecular formula is C15H15FN2S. The third-order valence-electron chi connectivity index (χ3n) is 3.03. The quantitative estimate of drug-likeness (QED) is 0.836. The van der Waals surface area contributed by atoms with Gasteiger partial charge in [0.1, 0.15) is 10.8 Å². The van der Waals surface area contributed by atoms with Gasteiger partial charge < -0.3 is 11.1 Å². The molecule has 19 heavy (non-hydrogen) atoms. The van der Waals surface area contributed by atoms with Crippen LogP contribution in [0.3, 0.4) is 0 Å². The van der Waals surface area contributed by atoms with Crippen molar-refractivity contribution in [2.24, 2.45) is 5.73 Å². The van der Waals surface area contributed by atoms with Gasteiger partial charge in [-0.05, 0) is 55.3 Å². The zero-order valence-corrected chi connectivity index (χ0v) is 11.6. The van der Waals surface area contributed by atoms with Crippen molar-refractivity contribution in [1.82, 2.24) is 0 Å². The molecule has 0 radical (unpaired) electrons. The summed E-state index contributed by atoms with van der Waals surface area (Å²) in [6.07, 6.45) is 0. The highest BCUT2D eigenvalue weighted by Gasteiger charge is 2.06. The average Bonchev–Trinajstić information content (AvgIpc) is 2.33. The van der Waals surface area contributed by atoms with E-state index in [4.69, 9.17) is 18.0 Å². The van der Waals surface area contributed by atoms with Crippen molar-refractivity contribution in [3.05, 3.63) is 58.9 Å². The van der Waals surface area contributed by atoms with Crippen LogP contribution < -0.4 is 11.1 Å². The summed E-state index contributed by atoms with van der Waals surface area (Å²) in [5, 5.41) is 3.15. The summed E-state index contributed by atoms with van der Waals surface area (Å²) in [5.74, 6) is -0.415. The summed E-state index contributed by atoms with van der Waals surface area (Å²) >= 11 is 4.77. The Kier molecular flexibility index (Phi) is 3.81. The van der Waals surface area contributed by atoms with Crippen LogP contribution in [-0.4, -0.2) is 4.99 Å². The van der Waals surface area contributed by atoms with Crippen LogP contribution in [0.4, 0.5) is 15.8 Å². The molecule has 0 bridgehead atoms.